The van der Waals surface area contributed by atoms with Crippen molar-refractivity contribution in [2.45, 2.75) is 50.9 Å². The fraction of sp³-hybridized carbons (Fsp3) is 0.108. The molecule has 362 valence electrons. The van der Waals surface area contributed by atoms with Crippen molar-refractivity contribution in [1.29, 1.82) is 0 Å². The number of anilines is 3. The second kappa shape index (κ2) is 16.8. The second-order valence-corrected chi connectivity index (χ2v) is 22.4. The Morgan fingerprint density at radius 2 is 0.947 bits per heavy atom. The number of hydrogen-bond acceptors (Lipinski definition) is 1. The summed E-state index contributed by atoms with van der Waals surface area (Å²) in [5.74, 6) is 0.291. The van der Waals surface area contributed by atoms with Gasteiger partial charge in [-0.25, -0.2) is 0 Å². The van der Waals surface area contributed by atoms with Crippen LogP contribution in [0.5, 0.6) is 0 Å². The van der Waals surface area contributed by atoms with Crippen molar-refractivity contribution in [3.63, 3.8) is 0 Å². The predicted molar refractivity (Wildman–Crippen MR) is 319 cm³/mol. The molecule has 0 saturated heterocycles. The highest BCUT2D eigenvalue weighted by Crippen LogP contribution is 2.55. The first-order chi connectivity index (χ1) is 37.2. The predicted octanol–water partition coefficient (Wildman–Crippen LogP) is 19.6. The normalized spacial score (nSPS) is 15.1. The Morgan fingerprint density at radius 3 is 1.68 bits per heavy atom. The van der Waals surface area contributed by atoms with Crippen molar-refractivity contribution in [3.8, 4) is 61.3 Å². The maximum Gasteiger partial charge on any atom is 0.0544 e. The van der Waals surface area contributed by atoms with Crippen molar-refractivity contribution in [1.82, 2.24) is 4.57 Å². The van der Waals surface area contributed by atoms with Crippen LogP contribution in [0.4, 0.5) is 17.1 Å². The van der Waals surface area contributed by atoms with Gasteiger partial charge in [0.05, 0.1) is 16.7 Å². The van der Waals surface area contributed by atoms with E-state index in [1.807, 2.05) is 0 Å². The molecule has 0 aliphatic heterocycles. The zero-order valence-electron chi connectivity index (χ0n) is 43.4. The first-order valence-corrected chi connectivity index (χ1v) is 27.0. The molecule has 0 radical (unpaired) electrons. The van der Waals surface area contributed by atoms with E-state index in [4.69, 9.17) is 0 Å². The van der Waals surface area contributed by atoms with E-state index in [-0.39, 0.29) is 10.8 Å². The Kier molecular flexibility index (Phi) is 9.82. The van der Waals surface area contributed by atoms with E-state index in [0.29, 0.717) is 5.92 Å². The minimum atomic E-state index is -0.136. The molecule has 3 aliphatic rings. The lowest BCUT2D eigenvalue weighted by Gasteiger charge is -2.29. The van der Waals surface area contributed by atoms with Gasteiger partial charge in [-0.3, -0.25) is 0 Å². The van der Waals surface area contributed by atoms with Gasteiger partial charge in [0.1, 0.15) is 0 Å². The van der Waals surface area contributed by atoms with Crippen LogP contribution in [0.3, 0.4) is 0 Å². The van der Waals surface area contributed by atoms with E-state index in [1.165, 1.54) is 128 Å². The Labute approximate surface area is 445 Å². The second-order valence-electron chi connectivity index (χ2n) is 22.4. The molecule has 2 nitrogen and oxygen atoms in total. The summed E-state index contributed by atoms with van der Waals surface area (Å²) in [4.78, 5) is 2.46. The number of hydrogen-bond donors (Lipinski definition) is 0. The average Bonchev–Trinajstić information content (AvgIpc) is 4.03. The first-order valence-electron chi connectivity index (χ1n) is 27.0. The van der Waals surface area contributed by atoms with Crippen molar-refractivity contribution in [3.05, 3.63) is 288 Å². The van der Waals surface area contributed by atoms with Gasteiger partial charge in [-0.15, -0.1) is 0 Å². The van der Waals surface area contributed by atoms with Gasteiger partial charge in [-0.1, -0.05) is 210 Å². The minimum Gasteiger partial charge on any atom is -0.310 e. The zero-order valence-corrected chi connectivity index (χ0v) is 43.4. The van der Waals surface area contributed by atoms with Crippen LogP contribution in [-0.2, 0) is 17.3 Å². The van der Waals surface area contributed by atoms with Gasteiger partial charge in [0.25, 0.3) is 0 Å². The Bertz CT molecular complexity index is 4290. The molecule has 76 heavy (non-hydrogen) atoms. The average molecular weight is 973 g/mol. The molecule has 2 heteroatoms. The molecular weight excluding hydrogens is 917 g/mol. The van der Waals surface area contributed by atoms with Crippen molar-refractivity contribution in [2.24, 2.45) is 0 Å². The molecule has 11 aromatic carbocycles. The molecule has 12 aromatic rings. The summed E-state index contributed by atoms with van der Waals surface area (Å²) in [5.41, 5.74) is 29.2. The van der Waals surface area contributed by atoms with Crippen LogP contribution in [0, 0.1) is 0 Å². The van der Waals surface area contributed by atoms with Crippen LogP contribution in [0.25, 0.3) is 83.1 Å². The fourth-order valence-electron chi connectivity index (χ4n) is 13.8. The summed E-state index contributed by atoms with van der Waals surface area (Å²) in [5, 5.41) is 2.52. The highest BCUT2D eigenvalue weighted by molar-refractivity contribution is 6.13. The summed E-state index contributed by atoms with van der Waals surface area (Å²) in [7, 11) is 0. The monoisotopic (exact) mass is 972 g/mol. The maximum absolute atomic E-state index is 2.55. The molecular formula is C74H56N2. The number of benzene rings is 11. The smallest absolute Gasteiger partial charge is 0.0544 e. The standard InChI is InChI=1S/C74H56N2/c1-73(2)66-27-16-14-25-59(66)72-67(73)28-17-29-70(72)75(53-35-30-48(31-36-53)47-18-7-5-8-19-47)54-37-32-49(33-38-54)51-34-41-69-63(42-51)64-45-62-58-24-13-15-26-65(58)74(3,4)68(62)46-71(64)76(69)55-39-40-57-60(50-20-9-6-10-21-50)43-52-22-11-12-23-56(52)61(57)44-55/h5-42,44-46,60H,43H2,1-4H3. The Morgan fingerprint density at radius 1 is 0.382 bits per heavy atom. The lowest BCUT2D eigenvalue weighted by Crippen LogP contribution is -2.16. The number of fused-ring (bicyclic) bond motifs is 12. The van der Waals surface area contributed by atoms with Gasteiger partial charge >= 0.3 is 0 Å². The van der Waals surface area contributed by atoms with Crippen LogP contribution in [-0.4, -0.2) is 4.57 Å². The molecule has 0 spiro atoms. The van der Waals surface area contributed by atoms with Crippen LogP contribution in [0.1, 0.15) is 72.6 Å². The molecule has 1 atom stereocenters. The lowest BCUT2D eigenvalue weighted by molar-refractivity contribution is 0.660. The third kappa shape index (κ3) is 6.66. The van der Waals surface area contributed by atoms with Crippen molar-refractivity contribution in [2.75, 3.05) is 4.90 Å². The molecule has 0 saturated carbocycles. The SMILES string of the molecule is CC1(C)c2ccccc2-c2cc3c4cc(-c5ccc(N(c6ccc(-c7ccccc7)cc6)c6cccc7c6-c6ccccc6C7(C)C)cc5)ccc4n(-c4ccc5c(c4)-c4ccccc4CC5c4ccccc4)c3cc21. The number of aromatic nitrogens is 1. The summed E-state index contributed by atoms with van der Waals surface area (Å²) in [6.45, 7) is 9.51. The highest BCUT2D eigenvalue weighted by atomic mass is 15.1. The highest BCUT2D eigenvalue weighted by Gasteiger charge is 2.39. The summed E-state index contributed by atoms with van der Waals surface area (Å²) in [6.07, 6.45) is 0.994. The van der Waals surface area contributed by atoms with Gasteiger partial charge in [-0.2, -0.15) is 0 Å². The fourth-order valence-corrected chi connectivity index (χ4v) is 13.8. The van der Waals surface area contributed by atoms with E-state index in [1.54, 1.807) is 0 Å². The summed E-state index contributed by atoms with van der Waals surface area (Å²) >= 11 is 0. The Hall–Kier alpha value is -8.98. The molecule has 1 aromatic heterocycles. The third-order valence-corrected chi connectivity index (χ3v) is 17.6. The minimum absolute atomic E-state index is 0.118. The van der Waals surface area contributed by atoms with Gasteiger partial charge < -0.3 is 9.47 Å². The molecule has 0 fully saturated rings. The van der Waals surface area contributed by atoms with Crippen LogP contribution < -0.4 is 4.90 Å². The van der Waals surface area contributed by atoms with E-state index in [0.717, 1.165) is 17.8 Å². The molecule has 15 rings (SSSR count). The molecule has 0 bridgehead atoms. The van der Waals surface area contributed by atoms with Gasteiger partial charge in [0.15, 0.2) is 0 Å². The third-order valence-electron chi connectivity index (χ3n) is 17.6. The number of nitrogens with zero attached hydrogens (tertiary/aromatic N) is 2. The van der Waals surface area contributed by atoms with Crippen LogP contribution in [0.15, 0.2) is 249 Å². The quantitative estimate of drug-likeness (QED) is 0.155. The molecule has 1 unspecified atom stereocenters. The zero-order chi connectivity index (χ0) is 50.9. The molecule has 1 heterocycles. The van der Waals surface area contributed by atoms with Gasteiger partial charge in [0.2, 0.25) is 0 Å². The van der Waals surface area contributed by atoms with Crippen LogP contribution in [0.2, 0.25) is 0 Å². The van der Waals surface area contributed by atoms with E-state index in [9.17, 15) is 0 Å². The number of rotatable bonds is 7. The Balaban J connectivity index is 0.889. The van der Waals surface area contributed by atoms with Gasteiger partial charge in [0, 0.05) is 50.1 Å². The van der Waals surface area contributed by atoms with Gasteiger partial charge in [-0.05, 0) is 162 Å². The molecule has 0 amide bonds. The van der Waals surface area contributed by atoms with E-state index < -0.39 is 0 Å². The first kappa shape index (κ1) is 44.5. The largest absolute Gasteiger partial charge is 0.310 e. The summed E-state index contributed by atoms with van der Waals surface area (Å²) < 4.78 is 2.55. The van der Waals surface area contributed by atoms with E-state index in [2.05, 4.69) is 286 Å². The molecule has 0 N–H and O–H groups in total. The maximum atomic E-state index is 2.55. The topological polar surface area (TPSA) is 8.17 Å². The summed E-state index contributed by atoms with van der Waals surface area (Å²) in [6, 6.07) is 93.5. The molecule has 3 aliphatic carbocycles. The van der Waals surface area contributed by atoms with Crippen molar-refractivity contribution >= 4 is 38.9 Å². The lowest BCUT2D eigenvalue weighted by atomic mass is 9.75. The van der Waals surface area contributed by atoms with Crippen LogP contribution >= 0.6 is 0 Å². The van der Waals surface area contributed by atoms with Crippen molar-refractivity contribution < 1.29 is 0 Å². The van der Waals surface area contributed by atoms with E-state index >= 15 is 0 Å².